The molecule has 8 nitrogen and oxygen atoms in total. The van der Waals surface area contributed by atoms with Crippen LogP contribution in [0, 0.1) is 0 Å². The predicted molar refractivity (Wildman–Crippen MR) is 90.0 cm³/mol. The lowest BCUT2D eigenvalue weighted by Crippen LogP contribution is -2.49. The molecule has 25 heavy (non-hydrogen) atoms. The van der Waals surface area contributed by atoms with E-state index >= 15 is 0 Å². The Morgan fingerprint density at radius 3 is 2.96 bits per heavy atom. The fraction of sp³-hybridized carbons (Fsp3) is 0.824. The molecule has 2 heterocycles. The number of aromatic nitrogens is 2. The van der Waals surface area contributed by atoms with Crippen LogP contribution in [0.4, 0.5) is 4.79 Å². The minimum absolute atomic E-state index is 0.0115. The molecule has 140 valence electrons. The number of rotatable bonds is 7. The summed E-state index contributed by atoms with van der Waals surface area (Å²) in [5.41, 5.74) is 0. The molecule has 8 heteroatoms. The van der Waals surface area contributed by atoms with Crippen molar-refractivity contribution >= 4 is 6.03 Å². The molecule has 0 bridgehead atoms. The first-order valence-electron chi connectivity index (χ1n) is 9.22. The van der Waals surface area contributed by atoms with Crippen LogP contribution >= 0.6 is 0 Å². The molecule has 1 aliphatic heterocycles. The molecule has 3 rings (SSSR count). The van der Waals surface area contributed by atoms with E-state index in [1.165, 1.54) is 12.8 Å². The highest BCUT2D eigenvalue weighted by Crippen LogP contribution is 2.19. The van der Waals surface area contributed by atoms with Crippen LogP contribution in [-0.2, 0) is 22.5 Å². The lowest BCUT2D eigenvalue weighted by molar-refractivity contribution is -0.0105. The first-order valence-corrected chi connectivity index (χ1v) is 9.22. The van der Waals surface area contributed by atoms with Gasteiger partial charge in [-0.2, -0.15) is 4.98 Å². The van der Waals surface area contributed by atoms with E-state index in [2.05, 4.69) is 15.5 Å². The van der Waals surface area contributed by atoms with Crippen LogP contribution in [-0.4, -0.2) is 60.0 Å². The summed E-state index contributed by atoms with van der Waals surface area (Å²) in [6, 6.07) is 0.387. The molecule has 1 aliphatic carbocycles. The Labute approximate surface area is 148 Å². The quantitative estimate of drug-likeness (QED) is 0.806. The van der Waals surface area contributed by atoms with Crippen molar-refractivity contribution in [2.24, 2.45) is 0 Å². The summed E-state index contributed by atoms with van der Waals surface area (Å²) in [5, 5.41) is 7.04. The number of ether oxygens (including phenoxy) is 2. The van der Waals surface area contributed by atoms with Crippen molar-refractivity contribution in [2.75, 3.05) is 26.8 Å². The van der Waals surface area contributed by atoms with Gasteiger partial charge >= 0.3 is 6.03 Å². The molecule has 1 atom stereocenters. The smallest absolute Gasteiger partial charge is 0.317 e. The molecule has 0 spiro atoms. The highest BCUT2D eigenvalue weighted by molar-refractivity contribution is 5.74. The second kappa shape index (κ2) is 9.15. The van der Waals surface area contributed by atoms with Crippen LogP contribution in [0.3, 0.4) is 0 Å². The fourth-order valence-corrected chi connectivity index (χ4v) is 3.43. The Morgan fingerprint density at radius 2 is 2.16 bits per heavy atom. The van der Waals surface area contributed by atoms with E-state index < -0.39 is 0 Å². The Kier molecular flexibility index (Phi) is 6.63. The topological polar surface area (TPSA) is 89.7 Å². The molecule has 2 amide bonds. The Bertz CT molecular complexity index is 545. The monoisotopic (exact) mass is 352 g/mol. The van der Waals surface area contributed by atoms with E-state index in [4.69, 9.17) is 14.0 Å². The summed E-state index contributed by atoms with van der Waals surface area (Å²) in [6.07, 6.45) is 7.16. The van der Waals surface area contributed by atoms with Gasteiger partial charge in [0.2, 0.25) is 0 Å². The van der Waals surface area contributed by atoms with Crippen LogP contribution in [0.1, 0.15) is 50.2 Å². The van der Waals surface area contributed by atoms with Crippen LogP contribution in [0.5, 0.6) is 0 Å². The van der Waals surface area contributed by atoms with E-state index in [1.54, 1.807) is 7.11 Å². The Balaban J connectivity index is 1.41. The number of nitrogens with one attached hydrogen (secondary N) is 1. The van der Waals surface area contributed by atoms with E-state index in [0.717, 1.165) is 32.2 Å². The molecule has 1 aromatic rings. The van der Waals surface area contributed by atoms with Crippen molar-refractivity contribution in [3.63, 3.8) is 0 Å². The lowest BCUT2D eigenvalue weighted by Gasteiger charge is -2.33. The minimum Gasteiger partial charge on any atom is -0.384 e. The van der Waals surface area contributed by atoms with Gasteiger partial charge in [-0.1, -0.05) is 18.0 Å². The van der Waals surface area contributed by atoms with Crippen LogP contribution in [0.2, 0.25) is 0 Å². The number of carbonyl (C=O) groups excluding carboxylic acids is 1. The van der Waals surface area contributed by atoms with E-state index in [1.807, 2.05) is 4.90 Å². The van der Waals surface area contributed by atoms with Gasteiger partial charge < -0.3 is 24.2 Å². The molecule has 1 aromatic heterocycles. The maximum Gasteiger partial charge on any atom is 0.317 e. The average molecular weight is 352 g/mol. The van der Waals surface area contributed by atoms with Crippen LogP contribution < -0.4 is 5.32 Å². The molecule has 2 fully saturated rings. The van der Waals surface area contributed by atoms with Crippen molar-refractivity contribution in [3.8, 4) is 0 Å². The van der Waals surface area contributed by atoms with Gasteiger partial charge in [0.25, 0.3) is 5.89 Å². The van der Waals surface area contributed by atoms with Gasteiger partial charge in [-0.05, 0) is 25.7 Å². The first kappa shape index (κ1) is 18.1. The van der Waals surface area contributed by atoms with Crippen molar-refractivity contribution in [2.45, 2.75) is 63.7 Å². The average Bonchev–Trinajstić information content (AvgIpc) is 3.30. The summed E-state index contributed by atoms with van der Waals surface area (Å²) >= 11 is 0. The number of carbonyl (C=O) groups is 1. The first-order chi connectivity index (χ1) is 12.2. The van der Waals surface area contributed by atoms with Gasteiger partial charge in [0.05, 0.1) is 12.7 Å². The fourth-order valence-electron chi connectivity index (χ4n) is 3.43. The summed E-state index contributed by atoms with van der Waals surface area (Å²) in [7, 11) is 1.64. The summed E-state index contributed by atoms with van der Waals surface area (Å²) in [4.78, 5) is 18.5. The number of amides is 2. The van der Waals surface area contributed by atoms with Gasteiger partial charge in [0.1, 0.15) is 6.61 Å². The van der Waals surface area contributed by atoms with Crippen LogP contribution in [0.25, 0.3) is 0 Å². The highest BCUT2D eigenvalue weighted by Gasteiger charge is 2.27. The third-order valence-electron chi connectivity index (χ3n) is 4.83. The number of hydrogen-bond acceptors (Lipinski definition) is 6. The standard InChI is InChI=1S/C17H28N4O4/c1-23-10-8-15-19-16(25-20-15)12-24-14-7-4-9-21(11-14)17(22)18-13-5-2-3-6-13/h13-14H,2-12H2,1H3,(H,18,22)/t14-/m0/s1. The summed E-state index contributed by atoms with van der Waals surface area (Å²) in [5.74, 6) is 1.10. The number of likely N-dealkylation sites (tertiary alicyclic amines) is 1. The van der Waals surface area contributed by atoms with Gasteiger partial charge in [-0.15, -0.1) is 0 Å². The van der Waals surface area contributed by atoms with Gasteiger partial charge in [0, 0.05) is 32.7 Å². The van der Waals surface area contributed by atoms with Crippen molar-refractivity contribution < 1.29 is 18.8 Å². The molecule has 1 saturated heterocycles. The molecule has 1 N–H and O–H groups in total. The largest absolute Gasteiger partial charge is 0.384 e. The molecule has 0 unspecified atom stereocenters. The third-order valence-corrected chi connectivity index (χ3v) is 4.83. The minimum atomic E-state index is 0.0115. The predicted octanol–water partition coefficient (Wildman–Crippen LogP) is 1.89. The molecule has 2 aliphatic rings. The Morgan fingerprint density at radius 1 is 1.32 bits per heavy atom. The molecular formula is C17H28N4O4. The zero-order chi connectivity index (χ0) is 17.5. The van der Waals surface area contributed by atoms with Gasteiger partial charge in [0.15, 0.2) is 5.82 Å². The van der Waals surface area contributed by atoms with Crippen molar-refractivity contribution in [3.05, 3.63) is 11.7 Å². The summed E-state index contributed by atoms with van der Waals surface area (Å²) in [6.45, 7) is 2.25. The number of methoxy groups -OCH3 is 1. The normalized spacial score (nSPS) is 21.6. The van der Waals surface area contributed by atoms with E-state index in [-0.39, 0.29) is 18.7 Å². The molecule has 0 aromatic carbocycles. The number of urea groups is 1. The highest BCUT2D eigenvalue weighted by atomic mass is 16.5. The van der Waals surface area contributed by atoms with Crippen molar-refractivity contribution in [1.29, 1.82) is 0 Å². The van der Waals surface area contributed by atoms with Gasteiger partial charge in [-0.25, -0.2) is 4.79 Å². The third kappa shape index (κ3) is 5.40. The molecule has 1 saturated carbocycles. The number of nitrogens with zero attached hydrogens (tertiary/aromatic N) is 3. The molecule has 0 radical (unpaired) electrons. The Hall–Kier alpha value is -1.67. The van der Waals surface area contributed by atoms with Gasteiger partial charge in [-0.3, -0.25) is 0 Å². The second-order valence-corrected chi connectivity index (χ2v) is 6.80. The second-order valence-electron chi connectivity index (χ2n) is 6.80. The zero-order valence-electron chi connectivity index (χ0n) is 14.9. The SMILES string of the molecule is COCCc1noc(CO[C@H]2CCCN(C(=O)NC3CCCC3)C2)n1. The lowest BCUT2D eigenvalue weighted by atomic mass is 10.1. The van der Waals surface area contributed by atoms with E-state index in [0.29, 0.717) is 37.3 Å². The zero-order valence-corrected chi connectivity index (χ0v) is 14.9. The number of piperidine rings is 1. The number of hydrogen-bond donors (Lipinski definition) is 1. The van der Waals surface area contributed by atoms with Crippen molar-refractivity contribution in [1.82, 2.24) is 20.4 Å². The maximum absolute atomic E-state index is 12.4. The van der Waals surface area contributed by atoms with E-state index in [9.17, 15) is 4.79 Å². The summed E-state index contributed by atoms with van der Waals surface area (Å²) < 4.78 is 16.1. The van der Waals surface area contributed by atoms with Crippen LogP contribution in [0.15, 0.2) is 4.52 Å². The molecular weight excluding hydrogens is 324 g/mol. The maximum atomic E-state index is 12.4.